The van der Waals surface area contributed by atoms with Gasteiger partial charge in [-0.25, -0.2) is 0 Å². The number of nitrogens with two attached hydrogens (primary N) is 2. The van der Waals surface area contributed by atoms with Crippen LogP contribution in [0.5, 0.6) is 0 Å². The number of amidine groups is 2. The molecule has 0 aliphatic carbocycles. The molecular formula is C12H20Br2N4Se2. The summed E-state index contributed by atoms with van der Waals surface area (Å²) < 4.78 is 0.649. The third-order valence-corrected chi connectivity index (χ3v) is 5.34. The van der Waals surface area contributed by atoms with E-state index in [1.54, 1.807) is 0 Å². The fraction of sp³-hybridized carbons (Fsp3) is 0.333. The van der Waals surface area contributed by atoms with E-state index in [9.17, 15) is 0 Å². The van der Waals surface area contributed by atoms with E-state index in [4.69, 9.17) is 22.3 Å². The fourth-order valence-corrected chi connectivity index (χ4v) is 3.77. The molecule has 1 aromatic carbocycles. The van der Waals surface area contributed by atoms with Crippen LogP contribution in [-0.2, 0) is 12.8 Å². The molecule has 8 heteroatoms. The second kappa shape index (κ2) is 12.9. The van der Waals surface area contributed by atoms with Crippen LogP contribution in [0.3, 0.4) is 0 Å². The van der Waals surface area contributed by atoms with E-state index >= 15 is 0 Å². The molecule has 0 unspecified atom stereocenters. The molecule has 4 nitrogen and oxygen atoms in total. The summed E-state index contributed by atoms with van der Waals surface area (Å²) in [6.45, 7) is 0. The molecule has 20 heavy (non-hydrogen) atoms. The quantitative estimate of drug-likeness (QED) is 0.231. The van der Waals surface area contributed by atoms with Gasteiger partial charge in [0.05, 0.1) is 0 Å². The zero-order valence-corrected chi connectivity index (χ0v) is 17.8. The Balaban J connectivity index is 0. The van der Waals surface area contributed by atoms with Crippen molar-refractivity contribution in [1.82, 2.24) is 0 Å². The molecule has 0 saturated carbocycles. The molecule has 6 N–H and O–H groups in total. The summed E-state index contributed by atoms with van der Waals surface area (Å²) in [6.07, 6.45) is 1.99. The van der Waals surface area contributed by atoms with Gasteiger partial charge >= 0.3 is 121 Å². The number of rotatable bonds is 8. The van der Waals surface area contributed by atoms with Crippen LogP contribution in [0.1, 0.15) is 11.1 Å². The van der Waals surface area contributed by atoms with Crippen molar-refractivity contribution in [1.29, 1.82) is 10.8 Å². The van der Waals surface area contributed by atoms with Crippen molar-refractivity contribution >= 4 is 73.3 Å². The molecular weight excluding hydrogens is 518 g/mol. The Kier molecular flexibility index (Phi) is 14.4. The van der Waals surface area contributed by atoms with Crippen LogP contribution in [0.2, 0.25) is 10.6 Å². The first-order chi connectivity index (χ1) is 8.58. The number of benzene rings is 1. The summed E-state index contributed by atoms with van der Waals surface area (Å²) in [5.41, 5.74) is 13.3. The third kappa shape index (κ3) is 10.9. The van der Waals surface area contributed by atoms with Gasteiger partial charge in [-0.15, -0.1) is 34.0 Å². The predicted molar refractivity (Wildman–Crippen MR) is 99.4 cm³/mol. The van der Waals surface area contributed by atoms with E-state index in [0.717, 1.165) is 23.5 Å². The van der Waals surface area contributed by atoms with Crippen molar-refractivity contribution in [2.24, 2.45) is 11.5 Å². The summed E-state index contributed by atoms with van der Waals surface area (Å²) >= 11 is 0.283. The van der Waals surface area contributed by atoms with Gasteiger partial charge in [0.15, 0.2) is 0 Å². The average Bonchev–Trinajstić information content (AvgIpc) is 2.30. The minimum atomic E-state index is 0. The second-order valence-electron chi connectivity index (χ2n) is 3.74. The molecule has 0 aliphatic rings. The number of aryl methyl sites for hydroxylation is 2. The summed E-state index contributed by atoms with van der Waals surface area (Å²) in [5.74, 6) is 0. The summed E-state index contributed by atoms with van der Waals surface area (Å²) in [6, 6.07) is 8.58. The molecule has 1 rings (SSSR count). The van der Waals surface area contributed by atoms with E-state index in [2.05, 4.69) is 24.3 Å². The predicted octanol–water partition coefficient (Wildman–Crippen LogP) is 1.96. The number of hydrogen-bond acceptors (Lipinski definition) is 2. The molecule has 0 amide bonds. The van der Waals surface area contributed by atoms with Crippen LogP contribution in [0.25, 0.3) is 0 Å². The first-order valence-electron chi connectivity index (χ1n) is 5.59. The zero-order chi connectivity index (χ0) is 13.4. The summed E-state index contributed by atoms with van der Waals surface area (Å²) in [7, 11) is 0. The Morgan fingerprint density at radius 2 is 1.10 bits per heavy atom. The summed E-state index contributed by atoms with van der Waals surface area (Å²) in [5, 5.41) is 16.4. The van der Waals surface area contributed by atoms with E-state index < -0.39 is 0 Å². The van der Waals surface area contributed by atoms with Crippen molar-refractivity contribution in [3.8, 4) is 0 Å². The van der Waals surface area contributed by atoms with E-state index in [-0.39, 0.29) is 63.9 Å². The van der Waals surface area contributed by atoms with Crippen molar-refractivity contribution in [2.45, 2.75) is 23.5 Å². The Labute approximate surface area is 153 Å². The number of halogens is 2. The molecule has 0 saturated heterocycles. The molecule has 0 aromatic heterocycles. The van der Waals surface area contributed by atoms with Gasteiger partial charge in [0.2, 0.25) is 0 Å². The first-order valence-corrected chi connectivity index (χ1v) is 9.73. The Morgan fingerprint density at radius 3 is 1.35 bits per heavy atom. The molecule has 1 aromatic rings. The third-order valence-electron chi connectivity index (χ3n) is 2.32. The molecule has 0 heterocycles. The van der Waals surface area contributed by atoms with Crippen LogP contribution in [0.15, 0.2) is 24.3 Å². The van der Waals surface area contributed by atoms with Gasteiger partial charge in [-0.1, -0.05) is 0 Å². The Bertz CT molecular complexity index is 373. The molecule has 0 aliphatic heterocycles. The maximum atomic E-state index is 7.18. The summed E-state index contributed by atoms with van der Waals surface area (Å²) in [4.78, 5) is 0. The molecule has 0 bridgehead atoms. The van der Waals surface area contributed by atoms with Gasteiger partial charge in [0, 0.05) is 0 Å². The molecule has 0 radical (unpaired) electrons. The van der Waals surface area contributed by atoms with Crippen LogP contribution >= 0.6 is 34.0 Å². The van der Waals surface area contributed by atoms with Crippen molar-refractivity contribution in [3.63, 3.8) is 0 Å². The van der Waals surface area contributed by atoms with Crippen LogP contribution in [0.4, 0.5) is 0 Å². The van der Waals surface area contributed by atoms with Crippen LogP contribution in [-0.4, -0.2) is 39.4 Å². The number of nitrogens with one attached hydrogen (secondary N) is 2. The fourth-order valence-electron chi connectivity index (χ4n) is 1.43. The van der Waals surface area contributed by atoms with Gasteiger partial charge in [-0.05, 0) is 0 Å². The Hall–Kier alpha value is 0.159. The normalized spacial score (nSPS) is 9.20. The second-order valence-corrected chi connectivity index (χ2v) is 8.51. The van der Waals surface area contributed by atoms with Crippen LogP contribution in [0, 0.1) is 10.8 Å². The SMILES string of the molecule is Br.Br.N=C(N)[Se]CCc1ccc(CC[Se]C(=N)N)cc1. The molecule has 0 atom stereocenters. The van der Waals surface area contributed by atoms with E-state index in [1.165, 1.54) is 11.1 Å². The Morgan fingerprint density at radius 1 is 0.800 bits per heavy atom. The average molecular weight is 538 g/mol. The van der Waals surface area contributed by atoms with Gasteiger partial charge < -0.3 is 0 Å². The van der Waals surface area contributed by atoms with Crippen LogP contribution < -0.4 is 11.5 Å². The molecule has 114 valence electrons. The molecule has 0 fully saturated rings. The van der Waals surface area contributed by atoms with Gasteiger partial charge in [0.1, 0.15) is 0 Å². The minimum absolute atomic E-state index is 0. The zero-order valence-electron chi connectivity index (χ0n) is 10.9. The van der Waals surface area contributed by atoms with E-state index in [1.807, 2.05) is 0 Å². The standard InChI is InChI=1S/C12H18N4Se2.2BrH/c13-11(14)17-7-5-9-1-2-10(4-3-9)6-8-18-12(15)16;;/h1-4H,5-8H2,(H3,13,14)(H3,15,16);2*1H. The topological polar surface area (TPSA) is 99.7 Å². The monoisotopic (exact) mass is 538 g/mol. The van der Waals surface area contributed by atoms with E-state index in [0.29, 0.717) is 9.47 Å². The van der Waals surface area contributed by atoms with Crippen molar-refractivity contribution in [3.05, 3.63) is 35.4 Å². The van der Waals surface area contributed by atoms with Gasteiger partial charge in [-0.3, -0.25) is 0 Å². The van der Waals surface area contributed by atoms with Gasteiger partial charge in [-0.2, -0.15) is 0 Å². The maximum absolute atomic E-state index is 7.18. The van der Waals surface area contributed by atoms with Crippen molar-refractivity contribution in [2.75, 3.05) is 0 Å². The molecule has 0 spiro atoms. The number of hydrogen-bond donors (Lipinski definition) is 4. The van der Waals surface area contributed by atoms with Gasteiger partial charge in [0.25, 0.3) is 0 Å². The van der Waals surface area contributed by atoms with Crippen molar-refractivity contribution < 1.29 is 0 Å². The first kappa shape index (κ1) is 22.4.